The van der Waals surface area contributed by atoms with E-state index in [-0.39, 0.29) is 17.3 Å². The first kappa shape index (κ1) is 22.0. The zero-order valence-electron chi connectivity index (χ0n) is 17.7. The Kier molecular flexibility index (Phi) is 6.81. The molecule has 32 heavy (non-hydrogen) atoms. The highest BCUT2D eigenvalue weighted by Crippen LogP contribution is 2.19. The lowest BCUT2D eigenvalue weighted by atomic mass is 10.1. The van der Waals surface area contributed by atoms with Gasteiger partial charge >= 0.3 is 0 Å². The Morgan fingerprint density at radius 3 is 2.94 bits per heavy atom. The topological polar surface area (TPSA) is 119 Å². The fourth-order valence-electron chi connectivity index (χ4n) is 3.57. The fourth-order valence-corrected chi connectivity index (χ4v) is 3.74. The van der Waals surface area contributed by atoms with Gasteiger partial charge in [0.2, 0.25) is 0 Å². The number of hydrogen-bond acceptors (Lipinski definition) is 6. The van der Waals surface area contributed by atoms with Crippen molar-refractivity contribution in [3.63, 3.8) is 0 Å². The first-order valence-electron chi connectivity index (χ1n) is 10.4. The van der Waals surface area contributed by atoms with E-state index < -0.39 is 5.91 Å². The van der Waals surface area contributed by atoms with Gasteiger partial charge in [-0.3, -0.25) is 19.0 Å². The van der Waals surface area contributed by atoms with Crippen LogP contribution in [0.25, 0.3) is 11.3 Å². The molecule has 0 saturated carbocycles. The van der Waals surface area contributed by atoms with Crippen LogP contribution in [0.4, 0.5) is 5.69 Å². The summed E-state index contributed by atoms with van der Waals surface area (Å²) >= 11 is 5.76. The number of hydrogen-bond donors (Lipinski definition) is 3. The predicted molar refractivity (Wildman–Crippen MR) is 121 cm³/mol. The Labute approximate surface area is 190 Å². The maximum Gasteiger partial charge on any atom is 0.274 e. The molecule has 0 radical (unpaired) electrons. The molecule has 1 unspecified atom stereocenters. The van der Waals surface area contributed by atoms with Gasteiger partial charge in [0.25, 0.3) is 11.8 Å². The highest BCUT2D eigenvalue weighted by atomic mass is 35.5. The molecular weight excluding hydrogens is 432 g/mol. The Bertz CT molecular complexity index is 1100. The lowest BCUT2D eigenvalue weighted by Crippen LogP contribution is -2.31. The Hall–Kier alpha value is -3.24. The number of rotatable bonds is 8. The molecule has 0 spiro atoms. The van der Waals surface area contributed by atoms with Gasteiger partial charge in [0.05, 0.1) is 24.1 Å². The Morgan fingerprint density at radius 2 is 2.16 bits per heavy atom. The number of nitrogens with one attached hydrogen (secondary N) is 3. The normalized spacial score (nSPS) is 15.6. The van der Waals surface area contributed by atoms with E-state index in [9.17, 15) is 9.59 Å². The van der Waals surface area contributed by atoms with Crippen molar-refractivity contribution in [2.45, 2.75) is 13.0 Å². The summed E-state index contributed by atoms with van der Waals surface area (Å²) in [7, 11) is 1.70. The molecule has 0 aromatic carbocycles. The number of anilines is 1. The van der Waals surface area contributed by atoms with Crippen LogP contribution in [0.3, 0.4) is 0 Å². The summed E-state index contributed by atoms with van der Waals surface area (Å²) in [6.45, 7) is 3.01. The summed E-state index contributed by atoms with van der Waals surface area (Å²) in [4.78, 5) is 30.0. The van der Waals surface area contributed by atoms with Crippen molar-refractivity contribution in [1.29, 1.82) is 0 Å². The molecule has 4 rings (SSSR count). The van der Waals surface area contributed by atoms with Crippen LogP contribution in [0.5, 0.6) is 0 Å². The summed E-state index contributed by atoms with van der Waals surface area (Å²) in [5.74, 6) is 0.111. The van der Waals surface area contributed by atoms with Crippen molar-refractivity contribution in [2.24, 2.45) is 13.0 Å². The van der Waals surface area contributed by atoms with Crippen molar-refractivity contribution in [3.05, 3.63) is 48.2 Å². The van der Waals surface area contributed by atoms with Gasteiger partial charge in [0, 0.05) is 37.4 Å². The molecule has 3 aromatic heterocycles. The highest BCUT2D eigenvalue weighted by molar-refractivity contribution is 6.17. The molecular formula is C21H25ClN8O2. The number of alkyl halides is 1. The van der Waals surface area contributed by atoms with Gasteiger partial charge in [0.15, 0.2) is 5.69 Å². The number of aryl methyl sites for hydroxylation is 2. The minimum Gasteiger partial charge on any atom is -0.350 e. The minimum atomic E-state index is -0.429. The quantitative estimate of drug-likeness (QED) is 0.442. The molecule has 3 N–H and O–H groups in total. The number of carbonyl (C=O) groups is 2. The van der Waals surface area contributed by atoms with Crippen LogP contribution >= 0.6 is 11.6 Å². The number of carbonyl (C=O) groups excluding carboxylic acids is 2. The van der Waals surface area contributed by atoms with Crippen molar-refractivity contribution >= 4 is 29.1 Å². The van der Waals surface area contributed by atoms with Crippen molar-refractivity contribution in [2.75, 3.05) is 30.8 Å². The fraction of sp³-hybridized carbons (Fsp3) is 0.381. The smallest absolute Gasteiger partial charge is 0.274 e. The molecule has 1 atom stereocenters. The zero-order valence-corrected chi connectivity index (χ0v) is 18.5. The van der Waals surface area contributed by atoms with E-state index in [1.807, 2.05) is 6.20 Å². The van der Waals surface area contributed by atoms with Gasteiger partial charge in [-0.2, -0.15) is 10.2 Å². The van der Waals surface area contributed by atoms with Crippen molar-refractivity contribution in [3.8, 4) is 11.3 Å². The number of pyridine rings is 1. The SMILES string of the molecule is Cn1cc(NC(=O)c2cccc(-c3cnn(CCCl)c3)n2)c(C(=O)NCC2CCNC2)n1. The number of nitrogens with zero attached hydrogens (tertiary/aromatic N) is 5. The van der Waals surface area contributed by atoms with Crippen molar-refractivity contribution in [1.82, 2.24) is 35.2 Å². The van der Waals surface area contributed by atoms with E-state index in [2.05, 4.69) is 31.1 Å². The molecule has 1 aliphatic rings. The largest absolute Gasteiger partial charge is 0.350 e. The standard InChI is InChI=1S/C21H25ClN8O2/c1-29-13-18(19(28-29)21(32)24-10-14-5-7-23-9-14)27-20(31)17-4-2-3-16(26-17)15-11-25-30(12-15)8-6-22/h2-4,11-14,23H,5-10H2,1H3,(H,24,32)(H,27,31). The van der Waals surface area contributed by atoms with E-state index in [4.69, 9.17) is 11.6 Å². The lowest BCUT2D eigenvalue weighted by Gasteiger charge is -2.10. The van der Waals surface area contributed by atoms with Gasteiger partial charge in [-0.25, -0.2) is 4.98 Å². The van der Waals surface area contributed by atoms with Gasteiger partial charge in [-0.1, -0.05) is 6.07 Å². The second kappa shape index (κ2) is 9.92. The van der Waals surface area contributed by atoms with Gasteiger partial charge in [-0.15, -0.1) is 11.6 Å². The van der Waals surface area contributed by atoms with E-state index in [0.717, 1.165) is 25.1 Å². The van der Waals surface area contributed by atoms with Crippen LogP contribution in [0, 0.1) is 5.92 Å². The van der Waals surface area contributed by atoms with E-state index in [1.54, 1.807) is 42.3 Å². The maximum atomic E-state index is 12.9. The van der Waals surface area contributed by atoms with Crippen LogP contribution < -0.4 is 16.0 Å². The molecule has 1 saturated heterocycles. The second-order valence-corrected chi connectivity index (χ2v) is 8.06. The maximum absolute atomic E-state index is 12.9. The zero-order chi connectivity index (χ0) is 22.5. The summed E-state index contributed by atoms with van der Waals surface area (Å²) in [6, 6.07) is 5.17. The third kappa shape index (κ3) is 5.14. The lowest BCUT2D eigenvalue weighted by molar-refractivity contribution is 0.0943. The first-order valence-corrected chi connectivity index (χ1v) is 11.0. The average Bonchev–Trinajstić information content (AvgIpc) is 3.54. The van der Waals surface area contributed by atoms with Crippen LogP contribution in [0.15, 0.2) is 36.8 Å². The summed E-state index contributed by atoms with van der Waals surface area (Å²) < 4.78 is 3.22. The molecule has 1 fully saturated rings. The summed E-state index contributed by atoms with van der Waals surface area (Å²) in [5.41, 5.74) is 2.13. The van der Waals surface area contributed by atoms with Crippen LogP contribution in [-0.4, -0.2) is 61.9 Å². The van der Waals surface area contributed by atoms with Crippen LogP contribution in [-0.2, 0) is 13.6 Å². The molecule has 2 amide bonds. The molecule has 168 valence electrons. The number of amides is 2. The predicted octanol–water partition coefficient (Wildman–Crippen LogP) is 1.51. The van der Waals surface area contributed by atoms with Gasteiger partial charge < -0.3 is 16.0 Å². The van der Waals surface area contributed by atoms with Gasteiger partial charge in [-0.05, 0) is 37.6 Å². The second-order valence-electron chi connectivity index (χ2n) is 7.68. The monoisotopic (exact) mass is 456 g/mol. The molecule has 0 aliphatic carbocycles. The van der Waals surface area contributed by atoms with Crippen LogP contribution in [0.2, 0.25) is 0 Å². The molecule has 11 heteroatoms. The Morgan fingerprint density at radius 1 is 1.28 bits per heavy atom. The van der Waals surface area contributed by atoms with Gasteiger partial charge in [0.1, 0.15) is 5.69 Å². The summed E-state index contributed by atoms with van der Waals surface area (Å²) in [6.07, 6.45) is 6.14. The average molecular weight is 457 g/mol. The van der Waals surface area contributed by atoms with E-state index >= 15 is 0 Å². The summed E-state index contributed by atoms with van der Waals surface area (Å²) in [5, 5.41) is 17.4. The van der Waals surface area contributed by atoms with Crippen molar-refractivity contribution < 1.29 is 9.59 Å². The molecule has 0 bridgehead atoms. The third-order valence-electron chi connectivity index (χ3n) is 5.23. The third-order valence-corrected chi connectivity index (χ3v) is 5.40. The molecule has 3 aromatic rings. The molecule has 10 nitrogen and oxygen atoms in total. The van der Waals surface area contributed by atoms with E-state index in [1.165, 1.54) is 4.68 Å². The van der Waals surface area contributed by atoms with Crippen LogP contribution in [0.1, 0.15) is 27.4 Å². The molecule has 1 aliphatic heterocycles. The number of aromatic nitrogens is 5. The number of halogens is 1. The highest BCUT2D eigenvalue weighted by Gasteiger charge is 2.21. The Balaban J connectivity index is 1.46. The van der Waals surface area contributed by atoms with E-state index in [0.29, 0.717) is 36.3 Å². The first-order chi connectivity index (χ1) is 15.5. The molecule has 4 heterocycles. The minimum absolute atomic E-state index is 0.172.